The van der Waals surface area contributed by atoms with Crippen LogP contribution in [0.2, 0.25) is 0 Å². The smallest absolute Gasteiger partial charge is 0.407 e. The number of nitrogens with one attached hydrogen (secondary N) is 1. The SMILES string of the molecule is CC(C)C(CN)NC(=O)OC(C)(C)C.Cl. The Kier molecular flexibility index (Phi) is 7.79. The first-order valence-corrected chi connectivity index (χ1v) is 4.96. The van der Waals surface area contributed by atoms with Gasteiger partial charge in [-0.25, -0.2) is 4.79 Å². The number of carbonyl (C=O) groups excluding carboxylic acids is 1. The summed E-state index contributed by atoms with van der Waals surface area (Å²) in [6.07, 6.45) is -0.401. The molecule has 0 spiro atoms. The van der Waals surface area contributed by atoms with Gasteiger partial charge in [0.15, 0.2) is 0 Å². The number of rotatable bonds is 3. The van der Waals surface area contributed by atoms with Gasteiger partial charge in [0, 0.05) is 12.6 Å². The topological polar surface area (TPSA) is 64.3 Å². The van der Waals surface area contributed by atoms with E-state index in [-0.39, 0.29) is 18.4 Å². The molecular weight excluding hydrogens is 216 g/mol. The molecule has 0 saturated carbocycles. The minimum atomic E-state index is -0.458. The van der Waals surface area contributed by atoms with Crippen LogP contribution in [-0.4, -0.2) is 24.3 Å². The molecule has 0 aliphatic rings. The van der Waals surface area contributed by atoms with Crippen LogP contribution in [0.25, 0.3) is 0 Å². The Morgan fingerprint density at radius 3 is 2.13 bits per heavy atom. The Labute approximate surface area is 98.3 Å². The highest BCUT2D eigenvalue weighted by Gasteiger charge is 2.20. The Morgan fingerprint density at radius 2 is 1.87 bits per heavy atom. The number of hydrogen-bond acceptors (Lipinski definition) is 3. The molecule has 0 aromatic heterocycles. The van der Waals surface area contributed by atoms with Crippen molar-refractivity contribution in [1.29, 1.82) is 0 Å². The lowest BCUT2D eigenvalue weighted by molar-refractivity contribution is 0.0493. The average molecular weight is 239 g/mol. The molecule has 0 aromatic carbocycles. The monoisotopic (exact) mass is 238 g/mol. The van der Waals surface area contributed by atoms with E-state index in [1.165, 1.54) is 0 Å². The van der Waals surface area contributed by atoms with E-state index in [0.717, 1.165) is 0 Å². The van der Waals surface area contributed by atoms with E-state index in [0.29, 0.717) is 12.5 Å². The van der Waals surface area contributed by atoms with Gasteiger partial charge in [-0.15, -0.1) is 12.4 Å². The lowest BCUT2D eigenvalue weighted by Gasteiger charge is -2.24. The molecule has 0 aliphatic heterocycles. The Balaban J connectivity index is 0. The molecule has 92 valence electrons. The predicted molar refractivity (Wildman–Crippen MR) is 64.3 cm³/mol. The first kappa shape index (κ1) is 16.9. The standard InChI is InChI=1S/C10H22N2O2.ClH/c1-7(2)8(6-11)12-9(13)14-10(3,4)5;/h7-8H,6,11H2,1-5H3,(H,12,13);1H. The lowest BCUT2D eigenvalue weighted by atomic mass is 10.1. The maximum atomic E-state index is 11.3. The fraction of sp³-hybridized carbons (Fsp3) is 0.900. The van der Waals surface area contributed by atoms with Crippen molar-refractivity contribution in [1.82, 2.24) is 5.32 Å². The predicted octanol–water partition coefficient (Wildman–Crippen LogP) is 1.92. The molecule has 0 fully saturated rings. The van der Waals surface area contributed by atoms with Crippen molar-refractivity contribution in [2.24, 2.45) is 11.7 Å². The van der Waals surface area contributed by atoms with E-state index < -0.39 is 11.7 Å². The molecule has 0 saturated heterocycles. The lowest BCUT2D eigenvalue weighted by Crippen LogP contribution is -2.45. The van der Waals surface area contributed by atoms with E-state index >= 15 is 0 Å². The summed E-state index contributed by atoms with van der Waals surface area (Å²) < 4.78 is 5.11. The van der Waals surface area contributed by atoms with E-state index in [2.05, 4.69) is 5.32 Å². The van der Waals surface area contributed by atoms with Gasteiger partial charge in [0.2, 0.25) is 0 Å². The van der Waals surface area contributed by atoms with Crippen molar-refractivity contribution >= 4 is 18.5 Å². The van der Waals surface area contributed by atoms with Gasteiger partial charge in [0.1, 0.15) is 5.60 Å². The number of nitrogens with two attached hydrogens (primary N) is 1. The molecule has 0 radical (unpaired) electrons. The Bertz CT molecular complexity index is 190. The highest BCUT2D eigenvalue weighted by Crippen LogP contribution is 2.08. The summed E-state index contributed by atoms with van der Waals surface area (Å²) in [5.41, 5.74) is 5.06. The zero-order valence-corrected chi connectivity index (χ0v) is 11.0. The maximum absolute atomic E-state index is 11.3. The number of alkyl carbamates (subject to hydrolysis) is 1. The van der Waals surface area contributed by atoms with Gasteiger partial charge >= 0.3 is 6.09 Å². The van der Waals surface area contributed by atoms with Crippen molar-refractivity contribution in [3.63, 3.8) is 0 Å². The summed E-state index contributed by atoms with van der Waals surface area (Å²) in [6, 6.07) is -0.0233. The first-order valence-electron chi connectivity index (χ1n) is 4.96. The molecule has 0 heterocycles. The van der Waals surface area contributed by atoms with Crippen LogP contribution in [0, 0.1) is 5.92 Å². The third-order valence-electron chi connectivity index (χ3n) is 1.76. The molecule has 0 bridgehead atoms. The molecule has 0 rings (SSSR count). The molecule has 4 nitrogen and oxygen atoms in total. The van der Waals surface area contributed by atoms with Crippen LogP contribution in [0.4, 0.5) is 4.79 Å². The second kappa shape index (κ2) is 6.90. The molecule has 0 aliphatic carbocycles. The van der Waals surface area contributed by atoms with Crippen LogP contribution >= 0.6 is 12.4 Å². The molecular formula is C10H23ClN2O2. The molecule has 1 amide bonds. The zero-order valence-electron chi connectivity index (χ0n) is 10.2. The summed E-state index contributed by atoms with van der Waals surface area (Å²) >= 11 is 0. The summed E-state index contributed by atoms with van der Waals surface area (Å²) in [5.74, 6) is 0.313. The van der Waals surface area contributed by atoms with E-state index in [4.69, 9.17) is 10.5 Å². The number of halogens is 1. The van der Waals surface area contributed by atoms with Gasteiger partial charge < -0.3 is 15.8 Å². The highest BCUT2D eigenvalue weighted by molar-refractivity contribution is 5.85. The highest BCUT2D eigenvalue weighted by atomic mass is 35.5. The molecule has 15 heavy (non-hydrogen) atoms. The summed E-state index contributed by atoms with van der Waals surface area (Å²) in [7, 11) is 0. The quantitative estimate of drug-likeness (QED) is 0.790. The molecule has 5 heteroatoms. The third kappa shape index (κ3) is 8.51. The van der Waals surface area contributed by atoms with Crippen molar-refractivity contribution in [2.75, 3.05) is 6.54 Å². The number of carbonyl (C=O) groups is 1. The number of ether oxygens (including phenoxy) is 1. The third-order valence-corrected chi connectivity index (χ3v) is 1.76. The average Bonchev–Trinajstić information content (AvgIpc) is 1.96. The van der Waals surface area contributed by atoms with Gasteiger partial charge in [-0.1, -0.05) is 13.8 Å². The summed E-state index contributed by atoms with van der Waals surface area (Å²) in [4.78, 5) is 11.3. The van der Waals surface area contributed by atoms with E-state index in [1.54, 1.807) is 0 Å². The van der Waals surface area contributed by atoms with Crippen LogP contribution in [0.3, 0.4) is 0 Å². The minimum absolute atomic E-state index is 0. The van der Waals surface area contributed by atoms with Crippen LogP contribution in [-0.2, 0) is 4.74 Å². The maximum Gasteiger partial charge on any atom is 0.407 e. The zero-order chi connectivity index (χ0) is 11.4. The van der Waals surface area contributed by atoms with Gasteiger partial charge in [0.05, 0.1) is 0 Å². The molecule has 1 atom stereocenters. The van der Waals surface area contributed by atoms with Crippen LogP contribution < -0.4 is 11.1 Å². The summed E-state index contributed by atoms with van der Waals surface area (Å²) in [6.45, 7) is 9.94. The van der Waals surface area contributed by atoms with Crippen molar-refractivity contribution in [3.05, 3.63) is 0 Å². The van der Waals surface area contributed by atoms with Crippen molar-refractivity contribution in [2.45, 2.75) is 46.3 Å². The van der Waals surface area contributed by atoms with Crippen LogP contribution in [0.1, 0.15) is 34.6 Å². The number of hydrogen-bond donors (Lipinski definition) is 2. The second-order valence-electron chi connectivity index (χ2n) is 4.73. The van der Waals surface area contributed by atoms with E-state index in [9.17, 15) is 4.79 Å². The van der Waals surface area contributed by atoms with E-state index in [1.807, 2.05) is 34.6 Å². The fourth-order valence-electron chi connectivity index (χ4n) is 0.957. The number of amides is 1. The van der Waals surface area contributed by atoms with Crippen LogP contribution in [0.15, 0.2) is 0 Å². The summed E-state index contributed by atoms with van der Waals surface area (Å²) in [5, 5.41) is 2.74. The molecule has 0 aromatic rings. The van der Waals surface area contributed by atoms with Crippen LogP contribution in [0.5, 0.6) is 0 Å². The largest absolute Gasteiger partial charge is 0.444 e. The van der Waals surface area contributed by atoms with Gasteiger partial charge in [-0.05, 0) is 26.7 Å². The Hall–Kier alpha value is -0.480. The minimum Gasteiger partial charge on any atom is -0.444 e. The normalized spacial score (nSPS) is 13.0. The molecule has 1 unspecified atom stereocenters. The first-order chi connectivity index (χ1) is 6.26. The van der Waals surface area contributed by atoms with Crippen molar-refractivity contribution in [3.8, 4) is 0 Å². The molecule has 3 N–H and O–H groups in total. The fourth-order valence-corrected chi connectivity index (χ4v) is 0.957. The second-order valence-corrected chi connectivity index (χ2v) is 4.73. The van der Waals surface area contributed by atoms with Gasteiger partial charge in [0.25, 0.3) is 0 Å². The van der Waals surface area contributed by atoms with Gasteiger partial charge in [-0.2, -0.15) is 0 Å². The van der Waals surface area contributed by atoms with Gasteiger partial charge in [-0.3, -0.25) is 0 Å². The Morgan fingerprint density at radius 1 is 1.40 bits per heavy atom. The van der Waals surface area contributed by atoms with Crippen molar-refractivity contribution < 1.29 is 9.53 Å².